The average Bonchev–Trinajstić information content (AvgIpc) is 1.72. The molecule has 0 unspecified atom stereocenters. The van der Waals surface area contributed by atoms with Crippen molar-refractivity contribution in [3.63, 3.8) is 0 Å². The van der Waals surface area contributed by atoms with Crippen molar-refractivity contribution < 1.29 is 212 Å². The van der Waals surface area contributed by atoms with Crippen molar-refractivity contribution in [2.45, 2.75) is 261 Å². The van der Waals surface area contributed by atoms with Gasteiger partial charge in [-0.2, -0.15) is 0 Å². The minimum atomic E-state index is -1.54. The Morgan fingerprint density at radius 1 is 0.333 bits per heavy atom. The van der Waals surface area contributed by atoms with Gasteiger partial charge in [0, 0.05) is 81.1 Å². The number of likely N-dealkylation sites (N-methyl/N-ethyl adjacent to an activating group) is 5. The van der Waals surface area contributed by atoms with Crippen LogP contribution >= 0.6 is 0 Å². The summed E-state index contributed by atoms with van der Waals surface area (Å²) < 4.78 is 100. The van der Waals surface area contributed by atoms with E-state index in [1.54, 1.807) is 14.1 Å². The van der Waals surface area contributed by atoms with Gasteiger partial charge in [0.2, 0.25) is 12.4 Å². The Kier molecular flexibility index (Phi) is 46.6. The number of rotatable bonds is 37. The van der Waals surface area contributed by atoms with Gasteiger partial charge in [0.15, 0.2) is 62.2 Å². The van der Waals surface area contributed by atoms with Gasteiger partial charge in [0.25, 0.3) is 0 Å². The van der Waals surface area contributed by atoms with Gasteiger partial charge in [-0.15, -0.1) is 6.42 Å². The second-order valence-electron chi connectivity index (χ2n) is 34.1. The third-order valence-corrected chi connectivity index (χ3v) is 21.4. The Morgan fingerprint density at radius 2 is 0.610 bits per heavy atom. The monoisotopic (exact) mass is 1780 g/mol. The van der Waals surface area contributed by atoms with E-state index < -0.39 is 234 Å². The fourth-order valence-corrected chi connectivity index (χ4v) is 12.9. The minimum absolute atomic E-state index is 0.0826. The maximum atomic E-state index is 12.7. The van der Waals surface area contributed by atoms with Crippen LogP contribution in [0, 0.1) is 12.3 Å². The zero-order valence-corrected chi connectivity index (χ0v) is 74.6. The highest BCUT2D eigenvalue weighted by Crippen LogP contribution is 2.35. The molecule has 44 nitrogen and oxygen atoms in total. The van der Waals surface area contributed by atoms with Gasteiger partial charge >= 0.3 is 53.7 Å². The Hall–Kier alpha value is -6.25. The van der Waals surface area contributed by atoms with Gasteiger partial charge in [-0.25, -0.2) is 4.79 Å². The van der Waals surface area contributed by atoms with E-state index >= 15 is 0 Å². The molecule has 44 heteroatoms. The lowest BCUT2D eigenvalue weighted by Gasteiger charge is -2.44. The normalized spacial score (nSPS) is 31.5. The van der Waals surface area contributed by atoms with E-state index in [9.17, 15) is 89.1 Å². The number of aliphatic hydroxyl groups excluding tert-OH is 12. The van der Waals surface area contributed by atoms with Gasteiger partial charge in [0.1, 0.15) is 131 Å². The Labute approximate surface area is 718 Å². The van der Waals surface area contributed by atoms with Crippen molar-refractivity contribution in [2.75, 3.05) is 182 Å². The number of esters is 9. The van der Waals surface area contributed by atoms with Crippen molar-refractivity contribution in [1.29, 1.82) is 0 Å². The first-order valence-electron chi connectivity index (χ1n) is 40.9. The van der Waals surface area contributed by atoms with Crippen molar-refractivity contribution in [1.82, 2.24) is 0 Å². The van der Waals surface area contributed by atoms with E-state index in [1.165, 1.54) is 40.5 Å². The maximum Gasteiger partial charge on any atom is 0.362 e. The quantitative estimate of drug-likeness (QED) is 0.0119. The van der Waals surface area contributed by atoms with Crippen molar-refractivity contribution in [2.24, 2.45) is 0 Å². The topological polar surface area (TPSA) is 563 Å². The van der Waals surface area contributed by atoms with Crippen LogP contribution in [-0.2, 0) is 128 Å². The van der Waals surface area contributed by atoms with E-state index in [-0.39, 0.29) is 30.8 Å². The number of hydrogen-bond donors (Lipinski definition) is 12. The third kappa shape index (κ3) is 37.9. The molecule has 2 aliphatic carbocycles. The molecule has 0 radical (unpaired) electrons. The summed E-state index contributed by atoms with van der Waals surface area (Å²) in [6.07, 6.45) is -20.6. The molecule has 5 heterocycles. The van der Waals surface area contributed by atoms with E-state index in [0.29, 0.717) is 38.4 Å². The second-order valence-corrected chi connectivity index (χ2v) is 34.1. The molecule has 0 aromatic carbocycles. The number of terminal acetylenes is 1. The standard InChI is InChI=1S/C21H30NO11.C21H34NO10.C13H26NO6.2C12H26NO6/c1-8-9-22(6,7)10-17(27)33-19-18(29-13(3)24)16(11-28-12(2)23)32-21(31-15(5)26)20(19)30-14(4)25;1-12(23)28-11-17-18(29-13(2)24)19(30-14(3)25)20(31-15(4)26)21(32-17)27-10-9-22(5,6)16-7-8-16;1-14(2,8-3-4-8)5-6-19-13-12(18)11(17)10(16)9(7-15)20-13;2*1-4-13(2,3)5-6-18-12-11(17)10(16)9(15)8(7-14)19-12/h1,16,18-21H,9-11H2,2-7H3;16-21H,7-11H2,1-6H3;8-13,15-18H,3-7H2,1-2H3;2*8-12,14-17H,4-7H2,1-3H3/q5*+1/t16-,18-,19+,20-,21-;17-,18-,19+,20-,21+;9-,10-,11+,12-,13-;2*8-,9-,10+,11-,12-/m11111/s1. The van der Waals surface area contributed by atoms with Gasteiger partial charge in [-0.3, -0.25) is 38.4 Å². The average molecular weight is 1790 g/mol. The Balaban J connectivity index is 0.000000406. The first kappa shape index (κ1) is 111. The fraction of sp³-hybridized carbons (Fsp3) is 0.861. The SMILES string of the molecule is C#CC[N+](C)(C)CC(=O)O[C@@H]1[C@@H](OC(C)=O)[C@H](OC(C)=O)O[C@H](COC(C)=O)[C@H]1OC(C)=O.CC(=O)OC[C@H]1O[C@H](OCC[N+](C)(C)C2CC2)[C@H](OC(C)=O)[C@@H](OC(C)=O)[C@@H]1OC(C)=O.CC[N+](C)(C)CCO[C@@H]1O[C@H](CO)[C@@H](O)[C@H](O)[C@H]1O.CC[N+](C)(C)CCO[C@@H]1O[C@H](CO)[C@@H](O)[C@H](O)[C@H]1O.C[N+](C)(CCO[C@@H]1O[C@H](CO)[C@@H](O)[C@H](O)[C@H]1O)C1CC1. The number of quaternary nitrogens is 5. The fourth-order valence-electron chi connectivity index (χ4n) is 12.9. The summed E-state index contributed by atoms with van der Waals surface area (Å²) in [6, 6.07) is 1.25. The number of hydrogen-bond acceptors (Lipinski definition) is 39. The largest absolute Gasteiger partial charge is 0.463 e. The van der Waals surface area contributed by atoms with Crippen LogP contribution < -0.4 is 0 Å². The highest BCUT2D eigenvalue weighted by molar-refractivity contribution is 5.72. The lowest BCUT2D eigenvalue weighted by molar-refractivity contribution is -0.901. The number of ether oxygens (including phenoxy) is 18. The summed E-state index contributed by atoms with van der Waals surface area (Å²) in [6.45, 7) is 17.5. The van der Waals surface area contributed by atoms with Crippen molar-refractivity contribution in [3.8, 4) is 12.3 Å². The summed E-state index contributed by atoms with van der Waals surface area (Å²) in [7, 11) is 20.1. The summed E-state index contributed by atoms with van der Waals surface area (Å²) in [5, 5.41) is 114. The lowest BCUT2D eigenvalue weighted by Crippen LogP contribution is -2.63. The molecule has 5 aliphatic heterocycles. The maximum absolute atomic E-state index is 12.7. The summed E-state index contributed by atoms with van der Waals surface area (Å²) in [5.74, 6) is -3.90. The van der Waals surface area contributed by atoms with Gasteiger partial charge < -0.3 is 169 Å². The van der Waals surface area contributed by atoms with E-state index in [0.717, 1.165) is 91.2 Å². The smallest absolute Gasteiger partial charge is 0.362 e. The molecule has 7 fully saturated rings. The van der Waals surface area contributed by atoms with Crippen LogP contribution in [0.15, 0.2) is 0 Å². The number of aliphatic hydroxyl groups is 12. The molecule has 12 N–H and O–H groups in total. The van der Waals surface area contributed by atoms with Crippen LogP contribution in [0.1, 0.15) is 94.9 Å². The van der Waals surface area contributed by atoms with Gasteiger partial charge in [-0.05, 0) is 19.8 Å². The van der Waals surface area contributed by atoms with E-state index in [2.05, 4.69) is 76.1 Å². The molecule has 7 aliphatic rings. The van der Waals surface area contributed by atoms with Crippen LogP contribution in [0.5, 0.6) is 0 Å². The first-order chi connectivity index (χ1) is 57.2. The summed E-state index contributed by atoms with van der Waals surface area (Å²) in [5.41, 5.74) is 0. The summed E-state index contributed by atoms with van der Waals surface area (Å²) >= 11 is 0. The van der Waals surface area contributed by atoms with Crippen LogP contribution in [-0.4, -0.2) is 485 Å². The van der Waals surface area contributed by atoms with Crippen LogP contribution in [0.25, 0.3) is 0 Å². The molecule has 0 bridgehead atoms. The number of carbonyl (C=O) groups is 9. The van der Waals surface area contributed by atoms with E-state index in [4.69, 9.17) is 107 Å². The Bertz CT molecular complexity index is 3240. The number of nitrogens with zero attached hydrogens (tertiary/aromatic N) is 5. The van der Waals surface area contributed by atoms with Crippen LogP contribution in [0.2, 0.25) is 0 Å². The molecule has 5 saturated heterocycles. The minimum Gasteiger partial charge on any atom is -0.463 e. The molecule has 25 atom stereocenters. The Morgan fingerprint density at radius 3 is 0.902 bits per heavy atom. The molecule has 0 amide bonds. The van der Waals surface area contributed by atoms with Crippen molar-refractivity contribution in [3.05, 3.63) is 0 Å². The highest BCUT2D eigenvalue weighted by atomic mass is 16.8. The highest BCUT2D eigenvalue weighted by Gasteiger charge is 2.56. The molecule has 0 aromatic rings. The first-order valence-corrected chi connectivity index (χ1v) is 40.9. The molecular formula is C79H142N5O39+5. The molecule has 0 aromatic heterocycles. The molecular weight excluding hydrogens is 1640 g/mol. The zero-order chi connectivity index (χ0) is 93.6. The summed E-state index contributed by atoms with van der Waals surface area (Å²) in [4.78, 5) is 106. The van der Waals surface area contributed by atoms with Crippen molar-refractivity contribution >= 4 is 53.7 Å². The van der Waals surface area contributed by atoms with E-state index in [1.807, 2.05) is 0 Å². The molecule has 7 rings (SSSR count). The number of carbonyl (C=O) groups excluding carboxylic acids is 9. The third-order valence-electron chi connectivity index (χ3n) is 21.4. The zero-order valence-electron chi connectivity index (χ0n) is 74.6. The predicted molar refractivity (Wildman–Crippen MR) is 421 cm³/mol. The molecule has 2 saturated carbocycles. The van der Waals surface area contributed by atoms with Crippen LogP contribution in [0.4, 0.5) is 0 Å². The van der Waals surface area contributed by atoms with Gasteiger partial charge in [0.05, 0.1) is 142 Å². The molecule has 0 spiro atoms. The lowest BCUT2D eigenvalue weighted by atomic mass is 9.98. The molecule has 123 heavy (non-hydrogen) atoms. The predicted octanol–water partition coefficient (Wildman–Crippen LogP) is -6.51. The van der Waals surface area contributed by atoms with Crippen LogP contribution in [0.3, 0.4) is 0 Å². The van der Waals surface area contributed by atoms with Gasteiger partial charge in [-0.1, -0.05) is 0 Å². The molecule has 712 valence electrons. The second kappa shape index (κ2) is 51.7.